The van der Waals surface area contributed by atoms with E-state index in [0.29, 0.717) is 0 Å². The van der Waals surface area contributed by atoms with E-state index in [0.717, 1.165) is 0 Å². The summed E-state index contributed by atoms with van der Waals surface area (Å²) in [7, 11) is 0. The van der Waals surface area contributed by atoms with Gasteiger partial charge in [0.05, 0.1) is 6.04 Å². The minimum Gasteiger partial charge on any atom is -0.480 e. The number of carboxylic acid groups (broad SMARTS) is 2. The molecule has 0 aromatic carbocycles. The van der Waals surface area contributed by atoms with Gasteiger partial charge in [-0.15, -0.1) is 0 Å². The molecule has 1 amide bonds. The van der Waals surface area contributed by atoms with Gasteiger partial charge in [0, 0.05) is 12.3 Å². The average Bonchev–Trinajstić information content (AvgIpc) is 2.42. The molecule has 0 saturated heterocycles. The van der Waals surface area contributed by atoms with E-state index in [1.54, 1.807) is 0 Å². The molecule has 10 nitrogen and oxygen atoms in total. The molecule has 22 heavy (non-hydrogen) atoms. The van der Waals surface area contributed by atoms with Gasteiger partial charge in [0.2, 0.25) is 5.91 Å². The number of carboxylic acids is 2. The van der Waals surface area contributed by atoms with Crippen LogP contribution >= 0.6 is 0 Å². The highest BCUT2D eigenvalue weighted by Gasteiger charge is 2.31. The van der Waals surface area contributed by atoms with Crippen LogP contribution in [0, 0.1) is 5.92 Å². The average molecular weight is 318 g/mol. The molecular formula is C12H22N4O6. The first kappa shape index (κ1) is 20.0. The Hall–Kier alpha value is -2.04. The summed E-state index contributed by atoms with van der Waals surface area (Å²) in [5.41, 5.74) is 21.3. The number of hydrogen-bond acceptors (Lipinski definition) is 7. The Morgan fingerprint density at radius 2 is 1.23 bits per heavy atom. The molecule has 0 saturated carbocycles. The lowest BCUT2D eigenvalue weighted by molar-refractivity contribution is -0.139. The van der Waals surface area contributed by atoms with Crippen LogP contribution in [0.15, 0.2) is 0 Å². The zero-order chi connectivity index (χ0) is 17.4. The SMILES string of the molecule is NC(=O)CC[C@@H](N)C(=O)C(C[C@@H](N)C(=O)O)C[C@H](N)C(=O)O. The van der Waals surface area contributed by atoms with Crippen molar-refractivity contribution >= 4 is 23.6 Å². The van der Waals surface area contributed by atoms with Crippen molar-refractivity contribution in [2.45, 2.75) is 43.8 Å². The molecule has 10 heteroatoms. The second kappa shape index (κ2) is 9.07. The number of nitrogens with two attached hydrogens (primary N) is 4. The Balaban J connectivity index is 4.94. The Labute approximate surface area is 126 Å². The second-order valence-corrected chi connectivity index (χ2v) is 5.07. The van der Waals surface area contributed by atoms with Crippen LogP contribution in [0.4, 0.5) is 0 Å². The van der Waals surface area contributed by atoms with E-state index in [9.17, 15) is 19.2 Å². The standard InChI is InChI=1S/C12H22N4O6/c13-6(1-2-9(16)17)10(18)5(3-7(14)11(19)20)4-8(15)12(21)22/h5-8H,1-4,13-15H2,(H2,16,17)(H,19,20)(H,21,22)/t5?,6-,7-,8+/m1/s1. The molecule has 0 aliphatic heterocycles. The summed E-state index contributed by atoms with van der Waals surface area (Å²) in [4.78, 5) is 44.5. The molecule has 4 atom stereocenters. The fourth-order valence-corrected chi connectivity index (χ4v) is 1.89. The van der Waals surface area contributed by atoms with Crippen molar-refractivity contribution in [3.8, 4) is 0 Å². The maximum atomic E-state index is 12.2. The largest absolute Gasteiger partial charge is 0.480 e. The number of ketones is 1. The van der Waals surface area contributed by atoms with E-state index >= 15 is 0 Å². The second-order valence-electron chi connectivity index (χ2n) is 5.07. The van der Waals surface area contributed by atoms with E-state index in [2.05, 4.69) is 0 Å². The van der Waals surface area contributed by atoms with Gasteiger partial charge in [-0.1, -0.05) is 0 Å². The molecule has 0 aromatic rings. The summed E-state index contributed by atoms with van der Waals surface area (Å²) in [6, 6.07) is -3.77. The molecule has 126 valence electrons. The smallest absolute Gasteiger partial charge is 0.320 e. The lowest BCUT2D eigenvalue weighted by Gasteiger charge is -2.22. The van der Waals surface area contributed by atoms with Gasteiger partial charge >= 0.3 is 11.9 Å². The third kappa shape index (κ3) is 7.11. The fraction of sp³-hybridized carbons (Fsp3) is 0.667. The predicted octanol–water partition coefficient (Wildman–Crippen LogP) is -2.63. The van der Waals surface area contributed by atoms with E-state index in [1.807, 2.05) is 0 Å². The predicted molar refractivity (Wildman–Crippen MR) is 75.4 cm³/mol. The molecule has 0 fully saturated rings. The number of carbonyl (C=O) groups is 4. The normalized spacial score (nSPS) is 16.3. The van der Waals surface area contributed by atoms with Crippen LogP contribution in [0.1, 0.15) is 25.7 Å². The minimum absolute atomic E-state index is 0.0186. The zero-order valence-corrected chi connectivity index (χ0v) is 12.0. The maximum Gasteiger partial charge on any atom is 0.320 e. The lowest BCUT2D eigenvalue weighted by Crippen LogP contribution is -2.44. The molecule has 0 spiro atoms. The highest BCUT2D eigenvalue weighted by molar-refractivity contribution is 5.88. The molecule has 0 aliphatic carbocycles. The summed E-state index contributed by atoms with van der Waals surface area (Å²) >= 11 is 0. The van der Waals surface area contributed by atoms with Crippen LogP contribution in [-0.4, -0.2) is 52.0 Å². The van der Waals surface area contributed by atoms with Gasteiger partial charge in [0.25, 0.3) is 0 Å². The van der Waals surface area contributed by atoms with Crippen LogP contribution in [0.25, 0.3) is 0 Å². The Bertz CT molecular complexity index is 419. The van der Waals surface area contributed by atoms with Gasteiger partial charge in [-0.3, -0.25) is 19.2 Å². The van der Waals surface area contributed by atoms with Crippen molar-refractivity contribution in [2.75, 3.05) is 0 Å². The Kier molecular flexibility index (Phi) is 8.23. The zero-order valence-electron chi connectivity index (χ0n) is 12.0. The highest BCUT2D eigenvalue weighted by Crippen LogP contribution is 2.17. The number of rotatable bonds is 11. The topological polar surface area (TPSA) is 213 Å². The minimum atomic E-state index is -1.35. The van der Waals surface area contributed by atoms with Gasteiger partial charge < -0.3 is 33.1 Å². The molecule has 0 aliphatic rings. The van der Waals surface area contributed by atoms with E-state index in [-0.39, 0.29) is 25.7 Å². The number of amides is 1. The van der Waals surface area contributed by atoms with Crippen LogP contribution in [-0.2, 0) is 19.2 Å². The van der Waals surface area contributed by atoms with Crippen LogP contribution < -0.4 is 22.9 Å². The quantitative estimate of drug-likeness (QED) is 0.234. The van der Waals surface area contributed by atoms with E-state index < -0.39 is 47.7 Å². The summed E-state index contributed by atoms with van der Waals surface area (Å²) in [5.74, 6) is -4.90. The molecule has 1 unspecified atom stereocenters. The van der Waals surface area contributed by atoms with E-state index in [1.165, 1.54) is 0 Å². The fourth-order valence-electron chi connectivity index (χ4n) is 1.89. The highest BCUT2D eigenvalue weighted by atomic mass is 16.4. The molecule has 0 radical (unpaired) electrons. The lowest BCUT2D eigenvalue weighted by atomic mass is 9.85. The molecule has 0 heterocycles. The van der Waals surface area contributed by atoms with Crippen molar-refractivity contribution in [1.29, 1.82) is 0 Å². The van der Waals surface area contributed by atoms with Gasteiger partial charge in [-0.2, -0.15) is 0 Å². The first-order valence-corrected chi connectivity index (χ1v) is 6.60. The molecule has 0 bridgehead atoms. The van der Waals surface area contributed by atoms with Crippen LogP contribution in [0.3, 0.4) is 0 Å². The molecular weight excluding hydrogens is 296 g/mol. The van der Waals surface area contributed by atoms with Gasteiger partial charge in [0.1, 0.15) is 12.1 Å². The van der Waals surface area contributed by atoms with Crippen LogP contribution in [0.2, 0.25) is 0 Å². The summed E-state index contributed by atoms with van der Waals surface area (Å²) in [6.07, 6.45) is -0.719. The van der Waals surface area contributed by atoms with Crippen molar-refractivity contribution in [3.63, 3.8) is 0 Å². The van der Waals surface area contributed by atoms with E-state index in [4.69, 9.17) is 33.1 Å². The van der Waals surface area contributed by atoms with Crippen molar-refractivity contribution in [1.82, 2.24) is 0 Å². The summed E-state index contributed by atoms with van der Waals surface area (Å²) in [6.45, 7) is 0. The number of hydrogen-bond donors (Lipinski definition) is 6. The van der Waals surface area contributed by atoms with Gasteiger partial charge in [0.15, 0.2) is 5.78 Å². The van der Waals surface area contributed by atoms with Gasteiger partial charge in [-0.25, -0.2) is 0 Å². The summed E-state index contributed by atoms with van der Waals surface area (Å²) < 4.78 is 0. The number of Topliss-reactive ketones (excluding diaryl/α,β-unsaturated/α-hetero) is 1. The third-order valence-corrected chi connectivity index (χ3v) is 3.18. The first-order chi connectivity index (χ1) is 10.1. The molecule has 0 rings (SSSR count). The number of carbonyl (C=O) groups excluding carboxylic acids is 2. The summed E-state index contributed by atoms with van der Waals surface area (Å²) in [5, 5.41) is 17.6. The van der Waals surface area contributed by atoms with Crippen molar-refractivity contribution < 1.29 is 29.4 Å². The monoisotopic (exact) mass is 318 g/mol. The Morgan fingerprint density at radius 1 is 0.818 bits per heavy atom. The molecule has 0 aromatic heterocycles. The maximum absolute atomic E-state index is 12.2. The number of primary amides is 1. The van der Waals surface area contributed by atoms with Crippen LogP contribution in [0.5, 0.6) is 0 Å². The molecule has 10 N–H and O–H groups in total. The third-order valence-electron chi connectivity index (χ3n) is 3.18. The van der Waals surface area contributed by atoms with Crippen molar-refractivity contribution in [2.24, 2.45) is 28.9 Å². The van der Waals surface area contributed by atoms with Gasteiger partial charge in [-0.05, 0) is 19.3 Å². The Morgan fingerprint density at radius 3 is 1.55 bits per heavy atom. The van der Waals surface area contributed by atoms with Crippen molar-refractivity contribution in [3.05, 3.63) is 0 Å². The first-order valence-electron chi connectivity index (χ1n) is 6.60. The number of aliphatic carboxylic acids is 2.